The minimum absolute atomic E-state index is 0.828. The van der Waals surface area contributed by atoms with E-state index in [1.165, 1.54) is 0 Å². The van der Waals surface area contributed by atoms with E-state index in [1.807, 2.05) is 29.6 Å². The number of thiophene rings is 1. The lowest BCUT2D eigenvalue weighted by molar-refractivity contribution is 1.12. The summed E-state index contributed by atoms with van der Waals surface area (Å²) in [6.07, 6.45) is 3.39. The predicted octanol–water partition coefficient (Wildman–Crippen LogP) is 3.31. The van der Waals surface area contributed by atoms with Crippen LogP contribution in [0, 0.1) is 0 Å². The highest BCUT2D eigenvalue weighted by molar-refractivity contribution is 7.16. The lowest BCUT2D eigenvalue weighted by Gasteiger charge is -2.06. The fourth-order valence-electron chi connectivity index (χ4n) is 2.05. The van der Waals surface area contributed by atoms with E-state index in [2.05, 4.69) is 25.5 Å². The molecular weight excluding hydrogens is 258 g/mol. The third kappa shape index (κ3) is 1.73. The molecule has 3 aromatic heterocycles. The molecule has 2 N–H and O–H groups in total. The van der Waals surface area contributed by atoms with Crippen molar-refractivity contribution in [3.05, 3.63) is 42.2 Å². The Hall–Kier alpha value is -2.47. The molecule has 0 unspecified atom stereocenters. The molecule has 3 heterocycles. The number of nitrogens with zero attached hydrogens (tertiary/aromatic N) is 3. The molecule has 4 rings (SSSR count). The lowest BCUT2D eigenvalue weighted by atomic mass is 10.2. The summed E-state index contributed by atoms with van der Waals surface area (Å²) in [4.78, 5) is 9.53. The van der Waals surface area contributed by atoms with Crippen LogP contribution in [0.25, 0.3) is 21.1 Å². The van der Waals surface area contributed by atoms with Crippen LogP contribution in [0.2, 0.25) is 0 Å². The summed E-state index contributed by atoms with van der Waals surface area (Å²) in [6, 6.07) is 8.06. The van der Waals surface area contributed by atoms with Crippen molar-refractivity contribution in [3.63, 3.8) is 0 Å². The van der Waals surface area contributed by atoms with Crippen molar-refractivity contribution in [3.8, 4) is 0 Å². The summed E-state index contributed by atoms with van der Waals surface area (Å²) in [5.74, 6) is 0.828. The first-order chi connectivity index (χ1) is 9.40. The van der Waals surface area contributed by atoms with Gasteiger partial charge in [0.1, 0.15) is 17.0 Å². The number of anilines is 2. The first-order valence-electron chi connectivity index (χ1n) is 5.78. The number of nitrogens with one attached hydrogen (secondary N) is 2. The second-order valence-corrected chi connectivity index (χ2v) is 5.05. The molecule has 0 atom stereocenters. The Morgan fingerprint density at radius 2 is 2.16 bits per heavy atom. The second kappa shape index (κ2) is 4.03. The molecule has 0 amide bonds. The molecule has 0 aliphatic rings. The molecule has 0 fully saturated rings. The van der Waals surface area contributed by atoms with E-state index in [9.17, 15) is 0 Å². The zero-order valence-corrected chi connectivity index (χ0v) is 10.6. The molecule has 0 bridgehead atoms. The van der Waals surface area contributed by atoms with Crippen LogP contribution in [0.15, 0.2) is 42.2 Å². The lowest BCUT2D eigenvalue weighted by Crippen LogP contribution is -1.94. The summed E-state index contributed by atoms with van der Waals surface area (Å²) in [5.41, 5.74) is 2.01. The summed E-state index contributed by atoms with van der Waals surface area (Å²) in [6.45, 7) is 0. The summed E-state index contributed by atoms with van der Waals surface area (Å²) in [7, 11) is 0. The molecule has 0 spiro atoms. The van der Waals surface area contributed by atoms with E-state index in [4.69, 9.17) is 0 Å². The van der Waals surface area contributed by atoms with E-state index < -0.39 is 0 Å². The Bertz CT molecular complexity index is 863. The Labute approximate surface area is 112 Å². The average Bonchev–Trinajstić information content (AvgIpc) is 3.06. The smallest absolute Gasteiger partial charge is 0.142 e. The summed E-state index contributed by atoms with van der Waals surface area (Å²) in [5, 5.41) is 14.4. The van der Waals surface area contributed by atoms with Crippen molar-refractivity contribution in [2.75, 3.05) is 5.32 Å². The van der Waals surface area contributed by atoms with Gasteiger partial charge < -0.3 is 5.32 Å². The topological polar surface area (TPSA) is 66.5 Å². The molecule has 1 aromatic carbocycles. The number of hydrogen-bond donors (Lipinski definition) is 2. The number of hydrogen-bond acceptors (Lipinski definition) is 5. The fourth-order valence-corrected chi connectivity index (χ4v) is 2.78. The van der Waals surface area contributed by atoms with Gasteiger partial charge in [-0.25, -0.2) is 9.97 Å². The standard InChI is InChI=1S/C13H9N5S/c1-2-11-8(6-16-18-11)5-9(1)17-12-10-3-4-19-13(10)15-7-14-12/h1-7H,(H,16,18)(H,14,15,17). The Morgan fingerprint density at radius 3 is 3.16 bits per heavy atom. The maximum atomic E-state index is 4.30. The van der Waals surface area contributed by atoms with Crippen molar-refractivity contribution in [2.45, 2.75) is 0 Å². The van der Waals surface area contributed by atoms with Crippen LogP contribution < -0.4 is 5.32 Å². The van der Waals surface area contributed by atoms with Crippen molar-refractivity contribution in [1.29, 1.82) is 0 Å². The second-order valence-electron chi connectivity index (χ2n) is 4.16. The zero-order valence-electron chi connectivity index (χ0n) is 9.79. The molecule has 19 heavy (non-hydrogen) atoms. The number of fused-ring (bicyclic) bond motifs is 2. The Balaban J connectivity index is 1.79. The van der Waals surface area contributed by atoms with E-state index in [0.717, 1.165) is 32.6 Å². The first kappa shape index (κ1) is 10.5. The van der Waals surface area contributed by atoms with Crippen LogP contribution in [0.5, 0.6) is 0 Å². The van der Waals surface area contributed by atoms with Gasteiger partial charge in [0, 0.05) is 11.1 Å². The van der Waals surface area contributed by atoms with Crippen LogP contribution in [-0.4, -0.2) is 20.2 Å². The van der Waals surface area contributed by atoms with Gasteiger partial charge in [0.15, 0.2) is 0 Å². The van der Waals surface area contributed by atoms with E-state index in [-0.39, 0.29) is 0 Å². The van der Waals surface area contributed by atoms with Crippen molar-refractivity contribution in [2.24, 2.45) is 0 Å². The van der Waals surface area contributed by atoms with Gasteiger partial charge >= 0.3 is 0 Å². The SMILES string of the molecule is c1nc(Nc2ccc3[nH]ncc3c2)c2ccsc2n1. The molecule has 5 nitrogen and oxygen atoms in total. The van der Waals surface area contributed by atoms with Gasteiger partial charge in [0.25, 0.3) is 0 Å². The van der Waals surface area contributed by atoms with Crippen LogP contribution in [0.3, 0.4) is 0 Å². The molecular formula is C13H9N5S. The molecule has 0 saturated heterocycles. The van der Waals surface area contributed by atoms with Crippen LogP contribution in [-0.2, 0) is 0 Å². The minimum atomic E-state index is 0.828. The number of H-pyrrole nitrogens is 1. The number of rotatable bonds is 2. The van der Waals surface area contributed by atoms with Gasteiger partial charge in [-0.05, 0) is 29.6 Å². The highest BCUT2D eigenvalue weighted by atomic mass is 32.1. The fraction of sp³-hybridized carbons (Fsp3) is 0. The van der Waals surface area contributed by atoms with Gasteiger partial charge in [-0.2, -0.15) is 5.10 Å². The molecule has 0 aliphatic carbocycles. The third-order valence-corrected chi connectivity index (χ3v) is 3.79. The molecule has 92 valence electrons. The molecule has 0 aliphatic heterocycles. The molecule has 0 radical (unpaired) electrons. The number of benzene rings is 1. The predicted molar refractivity (Wildman–Crippen MR) is 76.8 cm³/mol. The normalized spacial score (nSPS) is 11.2. The number of aromatic amines is 1. The van der Waals surface area contributed by atoms with Gasteiger partial charge in [0.2, 0.25) is 0 Å². The molecule has 4 aromatic rings. The Morgan fingerprint density at radius 1 is 1.16 bits per heavy atom. The minimum Gasteiger partial charge on any atom is -0.340 e. The van der Waals surface area contributed by atoms with Crippen LogP contribution >= 0.6 is 11.3 Å². The third-order valence-electron chi connectivity index (χ3n) is 2.96. The van der Waals surface area contributed by atoms with E-state index >= 15 is 0 Å². The largest absolute Gasteiger partial charge is 0.340 e. The van der Waals surface area contributed by atoms with Crippen molar-refractivity contribution >= 4 is 44.0 Å². The van der Waals surface area contributed by atoms with Crippen LogP contribution in [0.4, 0.5) is 11.5 Å². The highest BCUT2D eigenvalue weighted by Crippen LogP contribution is 2.27. The number of aromatic nitrogens is 4. The van der Waals surface area contributed by atoms with Crippen LogP contribution in [0.1, 0.15) is 0 Å². The quantitative estimate of drug-likeness (QED) is 0.584. The maximum absolute atomic E-state index is 4.30. The van der Waals surface area contributed by atoms with E-state index in [0.29, 0.717) is 0 Å². The summed E-state index contributed by atoms with van der Waals surface area (Å²) < 4.78 is 0. The van der Waals surface area contributed by atoms with Gasteiger partial charge in [-0.15, -0.1) is 11.3 Å². The van der Waals surface area contributed by atoms with E-state index in [1.54, 1.807) is 23.9 Å². The summed E-state index contributed by atoms with van der Waals surface area (Å²) >= 11 is 1.61. The van der Waals surface area contributed by atoms with Gasteiger partial charge in [-0.3, -0.25) is 5.10 Å². The highest BCUT2D eigenvalue weighted by Gasteiger charge is 2.05. The maximum Gasteiger partial charge on any atom is 0.142 e. The Kier molecular flexibility index (Phi) is 2.22. The molecule has 0 saturated carbocycles. The average molecular weight is 267 g/mol. The van der Waals surface area contributed by atoms with Crippen molar-refractivity contribution < 1.29 is 0 Å². The monoisotopic (exact) mass is 267 g/mol. The molecule has 6 heteroatoms. The van der Waals surface area contributed by atoms with Crippen molar-refractivity contribution in [1.82, 2.24) is 20.2 Å². The first-order valence-corrected chi connectivity index (χ1v) is 6.66. The van der Waals surface area contributed by atoms with Gasteiger partial charge in [0.05, 0.1) is 17.1 Å². The zero-order chi connectivity index (χ0) is 12.7. The van der Waals surface area contributed by atoms with Gasteiger partial charge in [-0.1, -0.05) is 0 Å².